The number of rotatable bonds is 6. The quantitative estimate of drug-likeness (QED) is 0.563. The molecular formula is C12H18ClN. The molecule has 2 heteroatoms. The summed E-state index contributed by atoms with van der Waals surface area (Å²) in [7, 11) is 0. The zero-order valence-corrected chi connectivity index (χ0v) is 9.48. The van der Waals surface area contributed by atoms with Crippen LogP contribution in [0.2, 0.25) is 0 Å². The summed E-state index contributed by atoms with van der Waals surface area (Å²) in [6.45, 7) is 4.25. The summed E-state index contributed by atoms with van der Waals surface area (Å²) >= 11 is 5.76. The van der Waals surface area contributed by atoms with E-state index >= 15 is 0 Å². The molecule has 1 N–H and O–H groups in total. The Morgan fingerprint density at radius 2 is 2.07 bits per heavy atom. The molecule has 0 heterocycles. The predicted molar refractivity (Wildman–Crippen MR) is 62.6 cm³/mol. The van der Waals surface area contributed by atoms with E-state index in [2.05, 4.69) is 36.5 Å². The third-order valence-electron chi connectivity index (χ3n) is 2.18. The molecule has 0 aliphatic heterocycles. The number of nitrogens with one attached hydrogen (secondary N) is 1. The van der Waals surface area contributed by atoms with E-state index in [-0.39, 0.29) is 0 Å². The Hall–Kier alpha value is -0.530. The summed E-state index contributed by atoms with van der Waals surface area (Å²) in [6, 6.07) is 8.41. The zero-order valence-electron chi connectivity index (χ0n) is 8.72. The average molecular weight is 212 g/mol. The van der Waals surface area contributed by atoms with Crippen LogP contribution in [-0.2, 0) is 12.4 Å². The van der Waals surface area contributed by atoms with Crippen molar-refractivity contribution in [1.82, 2.24) is 5.32 Å². The van der Waals surface area contributed by atoms with Crippen LogP contribution >= 0.6 is 11.6 Å². The smallest absolute Gasteiger partial charge is 0.0474 e. The van der Waals surface area contributed by atoms with Crippen LogP contribution in [0.1, 0.15) is 30.9 Å². The first-order valence-corrected chi connectivity index (χ1v) is 5.74. The monoisotopic (exact) mass is 211 g/mol. The van der Waals surface area contributed by atoms with Crippen LogP contribution in [0.5, 0.6) is 0 Å². The summed E-state index contributed by atoms with van der Waals surface area (Å²) in [5.41, 5.74) is 2.51. The molecule has 1 nitrogen and oxygen atoms in total. The van der Waals surface area contributed by atoms with Gasteiger partial charge in [0.25, 0.3) is 0 Å². The van der Waals surface area contributed by atoms with E-state index in [9.17, 15) is 0 Å². The summed E-state index contributed by atoms with van der Waals surface area (Å²) < 4.78 is 0. The van der Waals surface area contributed by atoms with Gasteiger partial charge in [0.15, 0.2) is 0 Å². The summed E-state index contributed by atoms with van der Waals surface area (Å²) in [4.78, 5) is 0. The van der Waals surface area contributed by atoms with Crippen LogP contribution in [0, 0.1) is 0 Å². The van der Waals surface area contributed by atoms with Crippen molar-refractivity contribution in [3.8, 4) is 0 Å². The van der Waals surface area contributed by atoms with E-state index in [1.807, 2.05) is 0 Å². The minimum Gasteiger partial charge on any atom is -0.313 e. The number of hydrogen-bond acceptors (Lipinski definition) is 1. The summed E-state index contributed by atoms with van der Waals surface area (Å²) in [5, 5.41) is 3.41. The molecule has 0 saturated carbocycles. The lowest BCUT2D eigenvalue weighted by molar-refractivity contribution is 0.641. The van der Waals surface area contributed by atoms with E-state index in [4.69, 9.17) is 11.6 Å². The third-order valence-corrected chi connectivity index (χ3v) is 2.49. The van der Waals surface area contributed by atoms with Gasteiger partial charge < -0.3 is 5.32 Å². The van der Waals surface area contributed by atoms with Gasteiger partial charge >= 0.3 is 0 Å². The molecule has 0 saturated heterocycles. The molecule has 0 bridgehead atoms. The number of unbranched alkanes of at least 4 members (excludes halogenated alkanes) is 1. The molecule has 78 valence electrons. The van der Waals surface area contributed by atoms with Gasteiger partial charge in [0.2, 0.25) is 0 Å². The van der Waals surface area contributed by atoms with Crippen LogP contribution in [0.4, 0.5) is 0 Å². The van der Waals surface area contributed by atoms with Crippen molar-refractivity contribution < 1.29 is 0 Å². The van der Waals surface area contributed by atoms with Gasteiger partial charge in [-0.2, -0.15) is 0 Å². The van der Waals surface area contributed by atoms with Gasteiger partial charge in [-0.05, 0) is 24.1 Å². The van der Waals surface area contributed by atoms with E-state index in [1.54, 1.807) is 0 Å². The highest BCUT2D eigenvalue weighted by atomic mass is 35.5. The van der Waals surface area contributed by atoms with Gasteiger partial charge in [-0.3, -0.25) is 0 Å². The molecule has 1 aromatic rings. The molecule has 0 amide bonds. The highest BCUT2D eigenvalue weighted by molar-refractivity contribution is 6.17. The lowest BCUT2D eigenvalue weighted by atomic mass is 10.1. The second kappa shape index (κ2) is 6.86. The van der Waals surface area contributed by atoms with E-state index in [1.165, 1.54) is 24.0 Å². The first-order chi connectivity index (χ1) is 6.86. The standard InChI is InChI=1S/C12H18ClN/c1-2-3-7-14-10-12-6-4-5-11(8-12)9-13/h4-6,8,14H,2-3,7,9-10H2,1H3. The molecule has 0 atom stereocenters. The van der Waals surface area contributed by atoms with Crippen LogP contribution < -0.4 is 5.32 Å². The molecule has 1 rings (SSSR count). The third kappa shape index (κ3) is 4.12. The van der Waals surface area contributed by atoms with E-state index in [0.717, 1.165) is 13.1 Å². The molecule has 0 aliphatic carbocycles. The lowest BCUT2D eigenvalue weighted by Gasteiger charge is -2.05. The summed E-state index contributed by atoms with van der Waals surface area (Å²) in [5.74, 6) is 0.600. The fourth-order valence-corrected chi connectivity index (χ4v) is 1.52. The van der Waals surface area contributed by atoms with Crippen LogP contribution in [0.15, 0.2) is 24.3 Å². The minimum absolute atomic E-state index is 0.600. The lowest BCUT2D eigenvalue weighted by Crippen LogP contribution is -2.14. The second-order valence-electron chi connectivity index (χ2n) is 3.48. The van der Waals surface area contributed by atoms with Crippen molar-refractivity contribution in [2.24, 2.45) is 0 Å². The highest BCUT2D eigenvalue weighted by Crippen LogP contribution is 2.07. The number of benzene rings is 1. The SMILES string of the molecule is CCCCNCc1cccc(CCl)c1. The Balaban J connectivity index is 2.34. The first kappa shape index (κ1) is 11.5. The van der Waals surface area contributed by atoms with Crippen molar-refractivity contribution in [3.05, 3.63) is 35.4 Å². The summed E-state index contributed by atoms with van der Waals surface area (Å²) in [6.07, 6.45) is 2.49. The van der Waals surface area contributed by atoms with E-state index < -0.39 is 0 Å². The maximum absolute atomic E-state index is 5.76. The number of halogens is 1. The Morgan fingerprint density at radius 3 is 2.79 bits per heavy atom. The van der Waals surface area contributed by atoms with Gasteiger partial charge in [0.1, 0.15) is 0 Å². The molecular weight excluding hydrogens is 194 g/mol. The topological polar surface area (TPSA) is 12.0 Å². The molecule has 0 radical (unpaired) electrons. The largest absolute Gasteiger partial charge is 0.313 e. The normalized spacial score (nSPS) is 10.4. The Morgan fingerprint density at radius 1 is 1.29 bits per heavy atom. The molecule has 0 spiro atoms. The molecule has 0 aromatic heterocycles. The van der Waals surface area contributed by atoms with Gasteiger partial charge in [-0.25, -0.2) is 0 Å². The van der Waals surface area contributed by atoms with Crippen LogP contribution in [0.3, 0.4) is 0 Å². The van der Waals surface area contributed by atoms with E-state index in [0.29, 0.717) is 5.88 Å². The van der Waals surface area contributed by atoms with Gasteiger partial charge in [0, 0.05) is 12.4 Å². The van der Waals surface area contributed by atoms with Crippen LogP contribution in [0.25, 0.3) is 0 Å². The van der Waals surface area contributed by atoms with Crippen molar-refractivity contribution in [2.75, 3.05) is 6.54 Å². The maximum atomic E-state index is 5.76. The Bertz CT molecular complexity index is 260. The minimum atomic E-state index is 0.600. The molecule has 1 aromatic carbocycles. The molecule has 14 heavy (non-hydrogen) atoms. The van der Waals surface area contributed by atoms with Crippen molar-refractivity contribution >= 4 is 11.6 Å². The fraction of sp³-hybridized carbons (Fsp3) is 0.500. The van der Waals surface area contributed by atoms with Gasteiger partial charge in [-0.1, -0.05) is 37.6 Å². The van der Waals surface area contributed by atoms with Crippen molar-refractivity contribution in [2.45, 2.75) is 32.2 Å². The number of alkyl halides is 1. The molecule has 0 unspecified atom stereocenters. The van der Waals surface area contributed by atoms with Gasteiger partial charge in [0.05, 0.1) is 0 Å². The van der Waals surface area contributed by atoms with Crippen LogP contribution in [-0.4, -0.2) is 6.54 Å². The Kier molecular flexibility index (Phi) is 5.65. The first-order valence-electron chi connectivity index (χ1n) is 5.21. The second-order valence-corrected chi connectivity index (χ2v) is 3.75. The van der Waals surface area contributed by atoms with Crippen molar-refractivity contribution in [3.63, 3.8) is 0 Å². The molecule has 0 fully saturated rings. The highest BCUT2D eigenvalue weighted by Gasteiger charge is 1.94. The van der Waals surface area contributed by atoms with Gasteiger partial charge in [-0.15, -0.1) is 11.6 Å². The zero-order chi connectivity index (χ0) is 10.2. The number of hydrogen-bond donors (Lipinski definition) is 1. The fourth-order valence-electron chi connectivity index (χ4n) is 1.36. The maximum Gasteiger partial charge on any atom is 0.0474 e. The average Bonchev–Trinajstić information content (AvgIpc) is 2.25. The predicted octanol–water partition coefficient (Wildman–Crippen LogP) is 3.32. The Labute approximate surface area is 91.5 Å². The van der Waals surface area contributed by atoms with Crippen molar-refractivity contribution in [1.29, 1.82) is 0 Å². The molecule has 0 aliphatic rings.